The Kier molecular flexibility index (Phi) is 4.07. The highest BCUT2D eigenvalue weighted by Gasteiger charge is 2.26. The van der Waals surface area contributed by atoms with Crippen LogP contribution in [0.2, 0.25) is 0 Å². The lowest BCUT2D eigenvalue weighted by Gasteiger charge is -2.22. The Morgan fingerprint density at radius 1 is 1.33 bits per heavy atom. The number of aromatic nitrogens is 3. The molecule has 0 fully saturated rings. The van der Waals surface area contributed by atoms with E-state index in [0.29, 0.717) is 16.6 Å². The number of aryl methyl sites for hydroxylation is 2. The van der Waals surface area contributed by atoms with Crippen LogP contribution in [0.15, 0.2) is 42.7 Å². The molecule has 1 atom stereocenters. The lowest BCUT2D eigenvalue weighted by atomic mass is 9.99. The van der Waals surface area contributed by atoms with Crippen LogP contribution in [0.4, 0.5) is 0 Å². The summed E-state index contributed by atoms with van der Waals surface area (Å²) >= 11 is 0. The quantitative estimate of drug-likeness (QED) is 0.768. The zero-order valence-corrected chi connectivity index (χ0v) is 13.9. The maximum Gasteiger partial charge on any atom is 0.253 e. The van der Waals surface area contributed by atoms with Gasteiger partial charge >= 0.3 is 0 Å². The van der Waals surface area contributed by atoms with E-state index < -0.39 is 5.60 Å². The molecule has 0 bridgehead atoms. The second-order valence-electron chi connectivity index (χ2n) is 6.19. The predicted molar refractivity (Wildman–Crippen MR) is 91.6 cm³/mol. The van der Waals surface area contributed by atoms with E-state index in [1.807, 2.05) is 31.2 Å². The van der Waals surface area contributed by atoms with E-state index in [-0.39, 0.29) is 12.5 Å². The van der Waals surface area contributed by atoms with E-state index in [9.17, 15) is 9.90 Å². The SMILES string of the molecule is Cc1ccc2cccc(C(=O)NCC(C)(O)c3cnn(C)c3)c2n1. The van der Waals surface area contributed by atoms with Crippen molar-refractivity contribution in [1.82, 2.24) is 20.1 Å². The van der Waals surface area contributed by atoms with Gasteiger partial charge in [-0.2, -0.15) is 5.10 Å². The Morgan fingerprint density at radius 3 is 2.83 bits per heavy atom. The van der Waals surface area contributed by atoms with Crippen LogP contribution in [0.3, 0.4) is 0 Å². The fourth-order valence-corrected chi connectivity index (χ4v) is 2.58. The monoisotopic (exact) mass is 324 g/mol. The number of rotatable bonds is 4. The zero-order valence-electron chi connectivity index (χ0n) is 13.9. The summed E-state index contributed by atoms with van der Waals surface area (Å²) in [4.78, 5) is 17.0. The zero-order chi connectivity index (χ0) is 17.3. The van der Waals surface area contributed by atoms with E-state index in [0.717, 1.165) is 11.1 Å². The summed E-state index contributed by atoms with van der Waals surface area (Å²) < 4.78 is 1.61. The van der Waals surface area contributed by atoms with Crippen LogP contribution in [0.25, 0.3) is 10.9 Å². The number of amides is 1. The average molecular weight is 324 g/mol. The molecule has 0 saturated heterocycles. The molecule has 3 aromatic rings. The van der Waals surface area contributed by atoms with E-state index >= 15 is 0 Å². The van der Waals surface area contributed by atoms with E-state index in [4.69, 9.17) is 0 Å². The van der Waals surface area contributed by atoms with Gasteiger partial charge in [-0.15, -0.1) is 0 Å². The van der Waals surface area contributed by atoms with Gasteiger partial charge in [-0.05, 0) is 26.0 Å². The molecular formula is C18H20N4O2. The summed E-state index contributed by atoms with van der Waals surface area (Å²) in [7, 11) is 1.78. The molecule has 2 aromatic heterocycles. The molecule has 0 spiro atoms. The Morgan fingerprint density at radius 2 is 2.12 bits per heavy atom. The molecule has 2 N–H and O–H groups in total. The van der Waals surface area contributed by atoms with Crippen molar-refractivity contribution in [3.05, 3.63) is 59.5 Å². The number of benzene rings is 1. The maximum atomic E-state index is 12.6. The van der Waals surface area contributed by atoms with E-state index in [1.54, 1.807) is 37.1 Å². The van der Waals surface area contributed by atoms with Crippen molar-refractivity contribution in [2.75, 3.05) is 6.54 Å². The minimum Gasteiger partial charge on any atom is -0.383 e. The molecule has 24 heavy (non-hydrogen) atoms. The topological polar surface area (TPSA) is 80.0 Å². The molecule has 0 aliphatic heterocycles. The molecule has 1 aromatic carbocycles. The van der Waals surface area contributed by atoms with Gasteiger partial charge in [0.05, 0.1) is 23.8 Å². The molecule has 1 unspecified atom stereocenters. The van der Waals surface area contributed by atoms with Crippen LogP contribution in [-0.4, -0.2) is 32.3 Å². The second kappa shape index (κ2) is 6.05. The van der Waals surface area contributed by atoms with Crippen LogP contribution in [0, 0.1) is 6.92 Å². The van der Waals surface area contributed by atoms with Gasteiger partial charge in [0.1, 0.15) is 5.60 Å². The molecule has 0 aliphatic carbocycles. The van der Waals surface area contributed by atoms with Crippen molar-refractivity contribution >= 4 is 16.8 Å². The molecule has 1 amide bonds. The Bertz CT molecular complexity index is 899. The van der Waals surface area contributed by atoms with Gasteiger partial charge in [-0.3, -0.25) is 14.5 Å². The van der Waals surface area contributed by atoms with Crippen LogP contribution >= 0.6 is 0 Å². The van der Waals surface area contributed by atoms with Crippen molar-refractivity contribution in [3.8, 4) is 0 Å². The third-order valence-corrected chi connectivity index (χ3v) is 4.02. The first-order valence-corrected chi connectivity index (χ1v) is 7.73. The maximum absolute atomic E-state index is 12.6. The molecule has 3 rings (SSSR count). The van der Waals surface area contributed by atoms with E-state index in [2.05, 4.69) is 15.4 Å². The number of fused-ring (bicyclic) bond motifs is 1. The number of pyridine rings is 1. The van der Waals surface area contributed by atoms with Gasteiger partial charge in [0.25, 0.3) is 5.91 Å². The number of carbonyl (C=O) groups is 1. The normalized spacial score (nSPS) is 13.7. The lowest BCUT2D eigenvalue weighted by molar-refractivity contribution is 0.0526. The summed E-state index contributed by atoms with van der Waals surface area (Å²) in [5.74, 6) is -0.261. The molecule has 0 aliphatic rings. The third-order valence-electron chi connectivity index (χ3n) is 4.02. The highest BCUT2D eigenvalue weighted by atomic mass is 16.3. The van der Waals surface area contributed by atoms with Crippen LogP contribution in [-0.2, 0) is 12.6 Å². The largest absolute Gasteiger partial charge is 0.383 e. The van der Waals surface area contributed by atoms with Gasteiger partial charge in [-0.25, -0.2) is 0 Å². The summed E-state index contributed by atoms with van der Waals surface area (Å²) in [5.41, 5.74) is 1.47. The number of hydrogen-bond donors (Lipinski definition) is 2. The fraction of sp³-hybridized carbons (Fsp3) is 0.278. The summed E-state index contributed by atoms with van der Waals surface area (Å²) in [6.07, 6.45) is 3.32. The van der Waals surface area contributed by atoms with E-state index in [1.165, 1.54) is 0 Å². The van der Waals surface area contributed by atoms with Crippen molar-refractivity contribution in [1.29, 1.82) is 0 Å². The Balaban J connectivity index is 1.82. The smallest absolute Gasteiger partial charge is 0.253 e. The van der Waals surface area contributed by atoms with Gasteiger partial charge in [0.2, 0.25) is 0 Å². The summed E-state index contributed by atoms with van der Waals surface area (Å²) in [6.45, 7) is 3.62. The van der Waals surface area contributed by atoms with Gasteiger partial charge in [0.15, 0.2) is 0 Å². The van der Waals surface area contributed by atoms with Crippen LogP contribution < -0.4 is 5.32 Å². The highest BCUT2D eigenvalue weighted by Crippen LogP contribution is 2.20. The number of para-hydroxylation sites is 1. The molecule has 124 valence electrons. The minimum atomic E-state index is -1.20. The lowest BCUT2D eigenvalue weighted by Crippen LogP contribution is -2.38. The first-order chi connectivity index (χ1) is 11.4. The average Bonchev–Trinajstić information content (AvgIpc) is 2.99. The number of nitrogens with zero attached hydrogens (tertiary/aromatic N) is 3. The van der Waals surface area contributed by atoms with Crippen LogP contribution in [0.5, 0.6) is 0 Å². The van der Waals surface area contributed by atoms with Gasteiger partial charge < -0.3 is 10.4 Å². The third kappa shape index (κ3) is 3.14. The number of nitrogens with one attached hydrogen (secondary N) is 1. The first kappa shape index (κ1) is 16.1. The summed E-state index contributed by atoms with van der Waals surface area (Å²) in [6, 6.07) is 9.35. The minimum absolute atomic E-state index is 0.0831. The Labute approximate surface area is 140 Å². The molecule has 6 nitrogen and oxygen atoms in total. The first-order valence-electron chi connectivity index (χ1n) is 7.73. The summed E-state index contributed by atoms with van der Waals surface area (Å²) in [5, 5.41) is 18.3. The van der Waals surface area contributed by atoms with Gasteiger partial charge in [0, 0.05) is 29.9 Å². The predicted octanol–water partition coefficient (Wildman–Crippen LogP) is 1.91. The standard InChI is InChI=1S/C18H20N4O2/c1-12-7-8-13-5-4-6-15(16(13)21-12)17(23)19-11-18(2,24)14-9-20-22(3)10-14/h4-10,24H,11H2,1-3H3,(H,19,23). The molecule has 0 radical (unpaired) electrons. The number of carbonyl (C=O) groups excluding carboxylic acids is 1. The molecule has 0 saturated carbocycles. The highest BCUT2D eigenvalue weighted by molar-refractivity contribution is 6.05. The van der Waals surface area contributed by atoms with Crippen molar-refractivity contribution in [2.24, 2.45) is 7.05 Å². The molecular weight excluding hydrogens is 304 g/mol. The van der Waals surface area contributed by atoms with Gasteiger partial charge in [-0.1, -0.05) is 18.2 Å². The second-order valence-corrected chi connectivity index (χ2v) is 6.19. The number of aliphatic hydroxyl groups is 1. The molecule has 6 heteroatoms. The molecule has 2 heterocycles. The van der Waals surface area contributed by atoms with Crippen LogP contribution in [0.1, 0.15) is 28.5 Å². The number of hydrogen-bond acceptors (Lipinski definition) is 4. The van der Waals surface area contributed by atoms with Crippen molar-refractivity contribution in [3.63, 3.8) is 0 Å². The fourth-order valence-electron chi connectivity index (χ4n) is 2.58. The van der Waals surface area contributed by atoms with Crippen molar-refractivity contribution in [2.45, 2.75) is 19.4 Å². The Hall–Kier alpha value is -2.73. The van der Waals surface area contributed by atoms with Crippen molar-refractivity contribution < 1.29 is 9.90 Å².